The molecule has 0 saturated carbocycles. The Morgan fingerprint density at radius 2 is 1.93 bits per heavy atom. The van der Waals surface area contributed by atoms with Crippen molar-refractivity contribution in [3.63, 3.8) is 0 Å². The zero-order chi connectivity index (χ0) is 20.0. The number of H-pyrrole nitrogens is 1. The highest BCUT2D eigenvalue weighted by Crippen LogP contribution is 2.38. The number of sulfonamides is 1. The van der Waals surface area contributed by atoms with Crippen LogP contribution in [0.1, 0.15) is 23.2 Å². The predicted octanol–water partition coefficient (Wildman–Crippen LogP) is 3.63. The second-order valence-corrected chi connectivity index (χ2v) is 7.77. The lowest BCUT2D eigenvalue weighted by Gasteiger charge is -2.25. The predicted molar refractivity (Wildman–Crippen MR) is 84.2 cm³/mol. The molecule has 27 heavy (non-hydrogen) atoms. The van der Waals surface area contributed by atoms with Crippen molar-refractivity contribution in [3.8, 4) is 6.07 Å². The summed E-state index contributed by atoms with van der Waals surface area (Å²) < 4.78 is 93.1. The first-order valence-electron chi connectivity index (χ1n) is 7.70. The molecule has 0 fully saturated rings. The van der Waals surface area contributed by atoms with Crippen LogP contribution in [0.15, 0.2) is 23.2 Å². The Balaban J connectivity index is 1.91. The summed E-state index contributed by atoms with van der Waals surface area (Å²) in [5, 5.41) is 8.65. The second-order valence-electron chi connectivity index (χ2n) is 6.12. The number of hydrogen-bond acceptors (Lipinski definition) is 3. The molecular formula is C16H12F5N3O2S. The van der Waals surface area contributed by atoms with E-state index in [0.29, 0.717) is 12.1 Å². The molecule has 0 aliphatic heterocycles. The van der Waals surface area contributed by atoms with Gasteiger partial charge >= 0.3 is 6.18 Å². The highest BCUT2D eigenvalue weighted by molar-refractivity contribution is 7.92. The second kappa shape index (κ2) is 6.53. The number of benzene rings is 1. The molecule has 0 radical (unpaired) electrons. The van der Waals surface area contributed by atoms with Crippen LogP contribution in [0.25, 0.3) is 0 Å². The largest absolute Gasteiger partial charge is 0.392 e. The zero-order valence-electron chi connectivity index (χ0n) is 13.5. The van der Waals surface area contributed by atoms with Gasteiger partial charge in [0.15, 0.2) is 0 Å². The van der Waals surface area contributed by atoms with E-state index in [2.05, 4.69) is 4.98 Å². The van der Waals surface area contributed by atoms with Gasteiger partial charge in [0.2, 0.25) is 0 Å². The Hall–Kier alpha value is -2.61. The summed E-state index contributed by atoms with van der Waals surface area (Å²) in [6.45, 7) is 0. The fourth-order valence-electron chi connectivity index (χ4n) is 3.03. The van der Waals surface area contributed by atoms with Gasteiger partial charge < -0.3 is 4.98 Å². The van der Waals surface area contributed by atoms with Gasteiger partial charge in [-0.25, -0.2) is 17.2 Å². The minimum atomic E-state index is -4.39. The monoisotopic (exact) mass is 405 g/mol. The highest BCUT2D eigenvalue weighted by Gasteiger charge is 2.42. The van der Waals surface area contributed by atoms with Gasteiger partial charge in [0.1, 0.15) is 22.6 Å². The number of nitrogens with zero attached hydrogens (tertiary/aromatic N) is 1. The molecule has 1 atom stereocenters. The molecule has 1 aromatic heterocycles. The average molecular weight is 405 g/mol. The smallest absolute Gasteiger partial charge is 0.363 e. The molecule has 3 rings (SSSR count). The topological polar surface area (TPSA) is 85.8 Å². The number of hydrogen-bond donors (Lipinski definition) is 2. The van der Waals surface area contributed by atoms with Gasteiger partial charge in [-0.15, -0.1) is 0 Å². The summed E-state index contributed by atoms with van der Waals surface area (Å²) in [6.07, 6.45) is -4.12. The quantitative estimate of drug-likeness (QED) is 0.765. The molecule has 144 valence electrons. The van der Waals surface area contributed by atoms with Gasteiger partial charge in [0, 0.05) is 18.0 Å². The maximum atomic E-state index is 13.9. The molecule has 5 nitrogen and oxygen atoms in total. The van der Waals surface area contributed by atoms with Crippen molar-refractivity contribution in [2.45, 2.75) is 30.3 Å². The first-order chi connectivity index (χ1) is 12.5. The molecule has 2 aromatic rings. The lowest BCUT2D eigenvalue weighted by molar-refractivity contribution is -0.177. The van der Waals surface area contributed by atoms with Crippen molar-refractivity contribution < 1.29 is 30.4 Å². The van der Waals surface area contributed by atoms with Crippen LogP contribution in [0.2, 0.25) is 0 Å². The van der Waals surface area contributed by atoms with Gasteiger partial charge in [0.25, 0.3) is 10.0 Å². The Bertz CT molecular complexity index is 1040. The third kappa shape index (κ3) is 3.62. The molecule has 0 amide bonds. The molecule has 2 N–H and O–H groups in total. The lowest BCUT2D eigenvalue weighted by atomic mass is 9.87. The van der Waals surface area contributed by atoms with Gasteiger partial charge in [-0.2, -0.15) is 18.4 Å². The average Bonchev–Trinajstić information content (AvgIpc) is 3.01. The molecular weight excluding hydrogens is 393 g/mol. The molecule has 1 heterocycles. The Morgan fingerprint density at radius 3 is 2.56 bits per heavy atom. The van der Waals surface area contributed by atoms with E-state index in [9.17, 15) is 30.4 Å². The van der Waals surface area contributed by atoms with Crippen LogP contribution in [0, 0.1) is 28.9 Å². The van der Waals surface area contributed by atoms with Crippen LogP contribution < -0.4 is 4.72 Å². The molecule has 1 aliphatic rings. The van der Waals surface area contributed by atoms with Crippen molar-refractivity contribution in [1.82, 2.24) is 4.98 Å². The molecule has 0 bridgehead atoms. The van der Waals surface area contributed by atoms with E-state index in [1.54, 1.807) is 0 Å². The molecule has 0 spiro atoms. The lowest BCUT2D eigenvalue weighted by Crippen LogP contribution is -2.29. The minimum absolute atomic E-state index is 0.122. The minimum Gasteiger partial charge on any atom is -0.363 e. The highest BCUT2D eigenvalue weighted by atomic mass is 32.2. The van der Waals surface area contributed by atoms with Crippen molar-refractivity contribution in [1.29, 1.82) is 5.26 Å². The summed E-state index contributed by atoms with van der Waals surface area (Å²) in [7, 11) is -4.38. The van der Waals surface area contributed by atoms with E-state index >= 15 is 0 Å². The number of rotatable bonds is 3. The molecule has 0 saturated heterocycles. The molecule has 1 unspecified atom stereocenters. The van der Waals surface area contributed by atoms with Crippen molar-refractivity contribution in [3.05, 3.63) is 46.8 Å². The Morgan fingerprint density at radius 1 is 1.22 bits per heavy atom. The SMILES string of the molecule is N#Cc1cc(F)c(NS(=O)(=O)c2c[nH]c3c2CCC(C(F)(F)F)C3)cc1F. The van der Waals surface area contributed by atoms with E-state index in [1.807, 2.05) is 4.72 Å². The van der Waals surface area contributed by atoms with E-state index in [-0.39, 0.29) is 35.4 Å². The van der Waals surface area contributed by atoms with Crippen LogP contribution in [-0.2, 0) is 22.9 Å². The van der Waals surface area contributed by atoms with Crippen LogP contribution >= 0.6 is 0 Å². The maximum Gasteiger partial charge on any atom is 0.392 e. The van der Waals surface area contributed by atoms with Gasteiger partial charge in [0.05, 0.1) is 17.2 Å². The Labute approximate surface area is 150 Å². The van der Waals surface area contributed by atoms with Gasteiger partial charge in [-0.05, 0) is 30.9 Å². The molecule has 11 heteroatoms. The summed E-state index contributed by atoms with van der Waals surface area (Å²) in [5.74, 6) is -3.84. The summed E-state index contributed by atoms with van der Waals surface area (Å²) in [5.41, 5.74) is -0.953. The normalized spacial score (nSPS) is 17.3. The van der Waals surface area contributed by atoms with Gasteiger partial charge in [-0.3, -0.25) is 4.72 Å². The maximum absolute atomic E-state index is 13.9. The van der Waals surface area contributed by atoms with E-state index in [1.165, 1.54) is 6.07 Å². The number of fused-ring (bicyclic) bond motifs is 1. The van der Waals surface area contributed by atoms with Crippen LogP contribution in [-0.4, -0.2) is 19.6 Å². The number of aromatic amines is 1. The zero-order valence-corrected chi connectivity index (χ0v) is 14.3. The molecule has 1 aliphatic carbocycles. The summed E-state index contributed by atoms with van der Waals surface area (Å²) >= 11 is 0. The van der Waals surface area contributed by atoms with E-state index in [0.717, 1.165) is 6.20 Å². The van der Waals surface area contributed by atoms with Crippen LogP contribution in [0.5, 0.6) is 0 Å². The number of alkyl halides is 3. The van der Waals surface area contributed by atoms with E-state index in [4.69, 9.17) is 5.26 Å². The number of halogens is 5. The van der Waals surface area contributed by atoms with Crippen LogP contribution in [0.3, 0.4) is 0 Å². The number of nitrogens with one attached hydrogen (secondary N) is 2. The number of nitriles is 1. The fourth-order valence-corrected chi connectivity index (χ4v) is 4.35. The van der Waals surface area contributed by atoms with Gasteiger partial charge in [-0.1, -0.05) is 0 Å². The fraction of sp³-hybridized carbons (Fsp3) is 0.312. The van der Waals surface area contributed by atoms with Crippen LogP contribution in [0.4, 0.5) is 27.6 Å². The van der Waals surface area contributed by atoms with Crippen molar-refractivity contribution in [2.24, 2.45) is 5.92 Å². The summed E-state index contributed by atoms with van der Waals surface area (Å²) in [4.78, 5) is 2.22. The number of aromatic nitrogens is 1. The van der Waals surface area contributed by atoms with Crippen molar-refractivity contribution >= 4 is 15.7 Å². The Kier molecular flexibility index (Phi) is 4.63. The third-order valence-corrected chi connectivity index (χ3v) is 5.84. The first-order valence-corrected chi connectivity index (χ1v) is 9.19. The molecule has 1 aromatic carbocycles. The first kappa shape index (κ1) is 19.2. The van der Waals surface area contributed by atoms with E-state index < -0.39 is 45.0 Å². The summed E-state index contributed by atoms with van der Waals surface area (Å²) in [6, 6.07) is 2.50. The standard InChI is InChI=1S/C16H12F5N3O2S/c17-11-5-14(12(18)3-8(11)6-22)24-27(25,26)15-7-23-13-4-9(16(19,20)21)1-2-10(13)15/h3,5,7,9,23-24H,1-2,4H2. The third-order valence-electron chi connectivity index (χ3n) is 4.41. The van der Waals surface area contributed by atoms with Crippen molar-refractivity contribution in [2.75, 3.05) is 4.72 Å². The number of anilines is 1.